The molecular weight excluding hydrogens is 186 g/mol. The number of benzene rings is 1. The summed E-state index contributed by atoms with van der Waals surface area (Å²) in [6.07, 6.45) is 2.27. The lowest BCUT2D eigenvalue weighted by atomic mass is 10.1. The molecule has 0 fully saturated rings. The van der Waals surface area contributed by atoms with Crippen LogP contribution in [0.25, 0.3) is 0 Å². The van der Waals surface area contributed by atoms with E-state index in [0.29, 0.717) is 6.54 Å². The van der Waals surface area contributed by atoms with E-state index in [4.69, 9.17) is 10.5 Å². The molecule has 0 aliphatic heterocycles. The van der Waals surface area contributed by atoms with Gasteiger partial charge in [-0.3, -0.25) is 0 Å². The maximum atomic E-state index is 5.89. The number of ether oxygens (including phenoxy) is 1. The Labute approximate surface area is 92.4 Å². The minimum atomic E-state index is 0.149. The molecule has 0 radical (unpaired) electrons. The van der Waals surface area contributed by atoms with Gasteiger partial charge in [0, 0.05) is 6.54 Å². The lowest BCUT2D eigenvalue weighted by Crippen LogP contribution is -2.26. The van der Waals surface area contributed by atoms with Gasteiger partial charge in [0.2, 0.25) is 0 Å². The van der Waals surface area contributed by atoms with Crippen LogP contribution < -0.4 is 10.5 Å². The highest BCUT2D eigenvalue weighted by molar-refractivity contribution is 5.36. The van der Waals surface area contributed by atoms with Gasteiger partial charge in [0.15, 0.2) is 0 Å². The molecule has 0 spiro atoms. The van der Waals surface area contributed by atoms with Crippen molar-refractivity contribution in [3.05, 3.63) is 29.3 Å². The summed E-state index contributed by atoms with van der Waals surface area (Å²) in [4.78, 5) is 0. The second-order valence-corrected chi connectivity index (χ2v) is 4.03. The molecule has 2 heteroatoms. The molecule has 2 nitrogen and oxygen atoms in total. The summed E-state index contributed by atoms with van der Waals surface area (Å²) in [6, 6.07) is 6.26. The second-order valence-electron chi connectivity index (χ2n) is 4.03. The van der Waals surface area contributed by atoms with Crippen LogP contribution in [0.2, 0.25) is 0 Å². The van der Waals surface area contributed by atoms with Crippen LogP contribution in [0, 0.1) is 13.8 Å². The Bertz CT molecular complexity index is 309. The van der Waals surface area contributed by atoms with Crippen LogP contribution >= 0.6 is 0 Å². The molecule has 0 aliphatic carbocycles. The molecule has 84 valence electrons. The van der Waals surface area contributed by atoms with Crippen molar-refractivity contribution in [1.82, 2.24) is 0 Å². The van der Waals surface area contributed by atoms with E-state index in [1.165, 1.54) is 11.1 Å². The van der Waals surface area contributed by atoms with Crippen molar-refractivity contribution in [3.8, 4) is 5.75 Å². The highest BCUT2D eigenvalue weighted by Gasteiger charge is 2.08. The Balaban J connectivity index is 2.73. The average Bonchev–Trinajstić information content (AvgIpc) is 2.22. The zero-order valence-electron chi connectivity index (χ0n) is 9.92. The summed E-state index contributed by atoms with van der Waals surface area (Å²) < 4.78 is 5.89. The maximum Gasteiger partial charge on any atom is 0.122 e. The fourth-order valence-electron chi connectivity index (χ4n) is 1.56. The molecule has 1 atom stereocenters. The first-order valence-corrected chi connectivity index (χ1v) is 5.61. The van der Waals surface area contributed by atoms with E-state index in [-0.39, 0.29) is 6.10 Å². The molecule has 0 amide bonds. The van der Waals surface area contributed by atoms with Crippen LogP contribution in [0.1, 0.15) is 30.9 Å². The molecule has 0 saturated carbocycles. The van der Waals surface area contributed by atoms with E-state index < -0.39 is 0 Å². The largest absolute Gasteiger partial charge is 0.489 e. The highest BCUT2D eigenvalue weighted by Crippen LogP contribution is 2.21. The smallest absolute Gasteiger partial charge is 0.122 e. The predicted molar refractivity (Wildman–Crippen MR) is 64.3 cm³/mol. The Hall–Kier alpha value is -1.02. The maximum absolute atomic E-state index is 5.89. The summed E-state index contributed by atoms with van der Waals surface area (Å²) in [5.74, 6) is 0.971. The Kier molecular flexibility index (Phi) is 4.63. The molecule has 1 unspecified atom stereocenters. The van der Waals surface area contributed by atoms with E-state index >= 15 is 0 Å². The molecule has 2 N–H and O–H groups in total. The fourth-order valence-corrected chi connectivity index (χ4v) is 1.56. The summed E-state index contributed by atoms with van der Waals surface area (Å²) in [5, 5.41) is 0. The number of rotatable bonds is 5. The Morgan fingerprint density at radius 1 is 1.33 bits per heavy atom. The molecule has 1 aromatic carbocycles. The molecule has 1 rings (SSSR count). The van der Waals surface area contributed by atoms with Gasteiger partial charge in [-0.1, -0.05) is 25.5 Å². The number of hydrogen-bond donors (Lipinski definition) is 1. The molecule has 0 aliphatic rings. The van der Waals surface area contributed by atoms with Gasteiger partial charge in [-0.2, -0.15) is 0 Å². The summed E-state index contributed by atoms with van der Waals surface area (Å²) >= 11 is 0. The van der Waals surface area contributed by atoms with Gasteiger partial charge in [0.05, 0.1) is 0 Å². The molecule has 0 heterocycles. The molecule has 0 bridgehead atoms. The topological polar surface area (TPSA) is 35.2 Å². The zero-order chi connectivity index (χ0) is 11.3. The van der Waals surface area contributed by atoms with E-state index in [0.717, 1.165) is 18.6 Å². The lowest BCUT2D eigenvalue weighted by Gasteiger charge is -2.18. The molecule has 15 heavy (non-hydrogen) atoms. The quantitative estimate of drug-likeness (QED) is 0.805. The average molecular weight is 207 g/mol. The summed E-state index contributed by atoms with van der Waals surface area (Å²) in [7, 11) is 0. The van der Waals surface area contributed by atoms with Crippen molar-refractivity contribution in [3.63, 3.8) is 0 Å². The Morgan fingerprint density at radius 3 is 2.67 bits per heavy atom. The standard InChI is InChI=1S/C13H21NO/c1-4-5-12(9-14)15-13-8-10(2)6-7-11(13)3/h6-8,12H,4-5,9,14H2,1-3H3. The summed E-state index contributed by atoms with van der Waals surface area (Å²) in [6.45, 7) is 6.87. The lowest BCUT2D eigenvalue weighted by molar-refractivity contribution is 0.196. The molecule has 0 aromatic heterocycles. The SMILES string of the molecule is CCCC(CN)Oc1cc(C)ccc1C. The van der Waals surface area contributed by atoms with Crippen molar-refractivity contribution < 1.29 is 4.74 Å². The van der Waals surface area contributed by atoms with Crippen LogP contribution in [0.3, 0.4) is 0 Å². The van der Waals surface area contributed by atoms with Crippen molar-refractivity contribution in [2.24, 2.45) is 5.73 Å². The van der Waals surface area contributed by atoms with E-state index in [1.54, 1.807) is 0 Å². The number of aryl methyl sites for hydroxylation is 2. The predicted octanol–water partition coefficient (Wildman–Crippen LogP) is 2.81. The molecule has 1 aromatic rings. The second kappa shape index (κ2) is 5.76. The van der Waals surface area contributed by atoms with Crippen LogP contribution in [0.5, 0.6) is 5.75 Å². The Morgan fingerprint density at radius 2 is 2.07 bits per heavy atom. The minimum Gasteiger partial charge on any atom is -0.489 e. The monoisotopic (exact) mass is 207 g/mol. The van der Waals surface area contributed by atoms with Gasteiger partial charge in [-0.25, -0.2) is 0 Å². The highest BCUT2D eigenvalue weighted by atomic mass is 16.5. The minimum absolute atomic E-state index is 0.149. The third kappa shape index (κ3) is 3.56. The van der Waals surface area contributed by atoms with E-state index in [9.17, 15) is 0 Å². The van der Waals surface area contributed by atoms with Crippen LogP contribution in [0.4, 0.5) is 0 Å². The first-order valence-electron chi connectivity index (χ1n) is 5.61. The van der Waals surface area contributed by atoms with E-state index in [2.05, 4.69) is 39.0 Å². The van der Waals surface area contributed by atoms with Crippen LogP contribution in [-0.4, -0.2) is 12.6 Å². The van der Waals surface area contributed by atoms with Crippen molar-refractivity contribution in [2.45, 2.75) is 39.7 Å². The molecule has 0 saturated heterocycles. The fraction of sp³-hybridized carbons (Fsp3) is 0.538. The van der Waals surface area contributed by atoms with E-state index in [1.807, 2.05) is 0 Å². The first kappa shape index (κ1) is 12.1. The van der Waals surface area contributed by atoms with Crippen LogP contribution in [-0.2, 0) is 0 Å². The third-order valence-corrected chi connectivity index (χ3v) is 2.51. The first-order chi connectivity index (χ1) is 7.17. The van der Waals surface area contributed by atoms with Gasteiger partial charge >= 0.3 is 0 Å². The third-order valence-electron chi connectivity index (χ3n) is 2.51. The molecular formula is C13H21NO. The van der Waals surface area contributed by atoms with Gasteiger partial charge in [0.1, 0.15) is 11.9 Å². The number of hydrogen-bond acceptors (Lipinski definition) is 2. The van der Waals surface area contributed by atoms with Gasteiger partial charge < -0.3 is 10.5 Å². The zero-order valence-corrected chi connectivity index (χ0v) is 9.92. The van der Waals surface area contributed by atoms with Crippen molar-refractivity contribution in [2.75, 3.05) is 6.54 Å². The van der Waals surface area contributed by atoms with Gasteiger partial charge in [-0.15, -0.1) is 0 Å². The summed E-state index contributed by atoms with van der Waals surface area (Å²) in [5.41, 5.74) is 8.07. The van der Waals surface area contributed by atoms with Gasteiger partial charge in [0.25, 0.3) is 0 Å². The van der Waals surface area contributed by atoms with Crippen molar-refractivity contribution in [1.29, 1.82) is 0 Å². The number of nitrogens with two attached hydrogens (primary N) is 1. The van der Waals surface area contributed by atoms with Crippen molar-refractivity contribution >= 4 is 0 Å². The van der Waals surface area contributed by atoms with Crippen LogP contribution in [0.15, 0.2) is 18.2 Å². The normalized spacial score (nSPS) is 12.5. The van der Waals surface area contributed by atoms with Gasteiger partial charge in [-0.05, 0) is 37.5 Å².